The normalized spacial score (nSPS) is 12.3. The molecule has 7 aromatic carbocycles. The van der Waals surface area contributed by atoms with Crippen molar-refractivity contribution in [2.75, 3.05) is 0 Å². The van der Waals surface area contributed by atoms with E-state index in [1.165, 1.54) is 61.9 Å². The number of aromatic nitrogens is 6. The fraction of sp³-hybridized carbons (Fsp3) is 0. The number of fused-ring (bicyclic) bond motifs is 15. The molecule has 56 heavy (non-hydrogen) atoms. The third-order valence-electron chi connectivity index (χ3n) is 11.2. The molecule has 8 heteroatoms. The average Bonchev–Trinajstić information content (AvgIpc) is 4.00. The molecule has 0 amide bonds. The lowest BCUT2D eigenvalue weighted by Crippen LogP contribution is -2.10. The van der Waals surface area contributed by atoms with Crippen molar-refractivity contribution in [3.05, 3.63) is 158 Å². The maximum Gasteiger partial charge on any atom is 0.240 e. The van der Waals surface area contributed by atoms with E-state index in [9.17, 15) is 0 Å². The maximum atomic E-state index is 5.44. The van der Waals surface area contributed by atoms with Crippen molar-refractivity contribution >= 4 is 118 Å². The van der Waals surface area contributed by atoms with Crippen molar-refractivity contribution in [3.8, 4) is 23.3 Å². The highest BCUT2D eigenvalue weighted by Gasteiger charge is 2.23. The van der Waals surface area contributed by atoms with E-state index in [-0.39, 0.29) is 0 Å². The zero-order chi connectivity index (χ0) is 36.5. The molecule has 260 valence electrons. The standard InChI is InChI=1S/C48H26N6S2/c1-6-16-35-27(11-1)25-28(26-49-35)46-50-47(53-36-17-7-2-14-33(36)42-38(53)23-21-31-29-12-4-9-19-40(29)55-44(31)42)52-48(51-46)54-37-18-8-3-15-34(37)43-39(54)24-22-32-30-13-5-10-20-41(30)56-45(32)43/h1-26H. The van der Waals surface area contributed by atoms with Crippen molar-refractivity contribution in [2.24, 2.45) is 0 Å². The van der Waals surface area contributed by atoms with Crippen LogP contribution in [0, 0.1) is 0 Å². The molecule has 0 saturated heterocycles. The van der Waals surface area contributed by atoms with Crippen molar-refractivity contribution in [2.45, 2.75) is 0 Å². The van der Waals surface area contributed by atoms with Crippen LogP contribution < -0.4 is 0 Å². The van der Waals surface area contributed by atoms with Gasteiger partial charge in [-0.1, -0.05) is 103 Å². The molecule has 0 aliphatic rings. The molecule has 0 fully saturated rings. The van der Waals surface area contributed by atoms with E-state index in [4.69, 9.17) is 19.9 Å². The minimum absolute atomic E-state index is 0.554. The molecule has 13 aromatic rings. The van der Waals surface area contributed by atoms with Crippen LogP contribution in [0.2, 0.25) is 0 Å². The fourth-order valence-electron chi connectivity index (χ4n) is 8.78. The topological polar surface area (TPSA) is 61.4 Å². The van der Waals surface area contributed by atoms with Gasteiger partial charge >= 0.3 is 0 Å². The Kier molecular flexibility index (Phi) is 6.11. The molecule has 0 aliphatic carbocycles. The third kappa shape index (κ3) is 4.14. The summed E-state index contributed by atoms with van der Waals surface area (Å²) in [5.74, 6) is 1.67. The summed E-state index contributed by atoms with van der Waals surface area (Å²) in [6.45, 7) is 0. The summed E-state index contributed by atoms with van der Waals surface area (Å²) >= 11 is 3.69. The number of para-hydroxylation sites is 3. The van der Waals surface area contributed by atoms with Gasteiger partial charge < -0.3 is 0 Å². The van der Waals surface area contributed by atoms with Crippen LogP contribution >= 0.6 is 22.7 Å². The van der Waals surface area contributed by atoms with Crippen LogP contribution in [0.15, 0.2) is 158 Å². The van der Waals surface area contributed by atoms with E-state index >= 15 is 0 Å². The Hall–Kier alpha value is -7.00. The summed E-state index contributed by atoms with van der Waals surface area (Å²) in [6, 6.07) is 53.9. The van der Waals surface area contributed by atoms with Gasteiger partial charge in [0.05, 0.1) is 27.6 Å². The number of rotatable bonds is 3. The quantitative estimate of drug-likeness (QED) is 0.180. The number of hydrogen-bond donors (Lipinski definition) is 0. The van der Waals surface area contributed by atoms with Gasteiger partial charge in [0.25, 0.3) is 0 Å². The predicted octanol–water partition coefficient (Wildman–Crippen LogP) is 13.0. The van der Waals surface area contributed by atoms with Crippen molar-refractivity contribution in [1.29, 1.82) is 0 Å². The van der Waals surface area contributed by atoms with Crippen molar-refractivity contribution < 1.29 is 0 Å². The van der Waals surface area contributed by atoms with E-state index in [0.717, 1.165) is 38.5 Å². The first-order chi connectivity index (χ1) is 27.8. The smallest absolute Gasteiger partial charge is 0.240 e. The van der Waals surface area contributed by atoms with E-state index in [1.54, 1.807) is 0 Å². The third-order valence-corrected chi connectivity index (χ3v) is 13.6. The molecule has 0 radical (unpaired) electrons. The Bertz CT molecular complexity index is 3590. The molecule has 0 aliphatic heterocycles. The monoisotopic (exact) mass is 750 g/mol. The molecular weight excluding hydrogens is 725 g/mol. The maximum absolute atomic E-state index is 5.44. The fourth-order valence-corrected chi connectivity index (χ4v) is 11.3. The largest absolute Gasteiger partial charge is 0.278 e. The van der Waals surface area contributed by atoms with Crippen LogP contribution in [-0.4, -0.2) is 29.1 Å². The summed E-state index contributed by atoms with van der Waals surface area (Å²) in [7, 11) is 0. The minimum Gasteiger partial charge on any atom is -0.278 e. The van der Waals surface area contributed by atoms with Gasteiger partial charge in [-0.05, 0) is 48.5 Å². The minimum atomic E-state index is 0.554. The highest BCUT2D eigenvalue weighted by Crippen LogP contribution is 2.45. The molecule has 6 heterocycles. The zero-order valence-corrected chi connectivity index (χ0v) is 31.1. The Morgan fingerprint density at radius 1 is 0.411 bits per heavy atom. The van der Waals surface area contributed by atoms with E-state index in [2.05, 4.69) is 143 Å². The van der Waals surface area contributed by atoms with Crippen LogP contribution in [0.5, 0.6) is 0 Å². The number of thiophene rings is 2. The zero-order valence-electron chi connectivity index (χ0n) is 29.5. The van der Waals surface area contributed by atoms with Crippen LogP contribution in [0.1, 0.15) is 0 Å². The Labute approximate surface area is 326 Å². The van der Waals surface area contributed by atoms with Crippen LogP contribution in [-0.2, 0) is 0 Å². The SMILES string of the molecule is c1ccc2ncc(-c3nc(-n4c5ccccc5c5c6sc7ccccc7c6ccc54)nc(-n4c5ccccc5c5c6sc7ccccc7c6ccc54)n3)cc2c1. The number of benzene rings is 7. The highest BCUT2D eigenvalue weighted by molar-refractivity contribution is 7.27. The van der Waals surface area contributed by atoms with E-state index < -0.39 is 0 Å². The molecule has 0 unspecified atom stereocenters. The molecule has 13 rings (SSSR count). The highest BCUT2D eigenvalue weighted by atomic mass is 32.1. The molecule has 6 aromatic heterocycles. The number of pyridine rings is 1. The van der Waals surface area contributed by atoms with Gasteiger partial charge in [-0.3, -0.25) is 14.1 Å². The van der Waals surface area contributed by atoms with Crippen molar-refractivity contribution in [1.82, 2.24) is 29.1 Å². The Morgan fingerprint density at radius 3 is 1.50 bits per heavy atom. The first-order valence-corrected chi connectivity index (χ1v) is 20.2. The van der Waals surface area contributed by atoms with Gasteiger partial charge in [-0.2, -0.15) is 15.0 Å². The molecule has 0 N–H and O–H groups in total. The summed E-state index contributed by atoms with van der Waals surface area (Å²) in [5.41, 5.74) is 5.95. The molecule has 0 atom stereocenters. The summed E-state index contributed by atoms with van der Waals surface area (Å²) in [4.78, 5) is 20.9. The van der Waals surface area contributed by atoms with Gasteiger partial charge in [0.2, 0.25) is 11.9 Å². The lowest BCUT2D eigenvalue weighted by atomic mass is 10.1. The first kappa shape index (κ1) is 30.3. The second kappa shape index (κ2) is 11.3. The lowest BCUT2D eigenvalue weighted by Gasteiger charge is -2.13. The molecule has 0 spiro atoms. The van der Waals surface area contributed by atoms with Gasteiger partial charge in [-0.25, -0.2) is 0 Å². The predicted molar refractivity (Wildman–Crippen MR) is 235 cm³/mol. The van der Waals surface area contributed by atoms with E-state index in [1.807, 2.05) is 47.1 Å². The van der Waals surface area contributed by atoms with E-state index in [0.29, 0.717) is 17.7 Å². The summed E-state index contributed by atoms with van der Waals surface area (Å²) in [5, 5.41) is 10.9. The van der Waals surface area contributed by atoms with Gasteiger partial charge in [0.1, 0.15) is 0 Å². The number of hydrogen-bond acceptors (Lipinski definition) is 6. The summed E-state index contributed by atoms with van der Waals surface area (Å²) in [6.07, 6.45) is 1.88. The molecular formula is C48H26N6S2. The summed E-state index contributed by atoms with van der Waals surface area (Å²) < 4.78 is 9.52. The average molecular weight is 751 g/mol. The molecule has 0 bridgehead atoms. The first-order valence-electron chi connectivity index (χ1n) is 18.6. The number of nitrogens with zero attached hydrogens (tertiary/aromatic N) is 6. The van der Waals surface area contributed by atoms with Gasteiger partial charge in [-0.15, -0.1) is 22.7 Å². The van der Waals surface area contributed by atoms with Crippen LogP contribution in [0.4, 0.5) is 0 Å². The second-order valence-corrected chi connectivity index (χ2v) is 16.4. The van der Waals surface area contributed by atoms with Crippen LogP contribution in [0.3, 0.4) is 0 Å². The second-order valence-electron chi connectivity index (χ2n) is 14.3. The molecule has 0 saturated carbocycles. The van der Waals surface area contributed by atoms with Gasteiger partial charge in [0.15, 0.2) is 5.82 Å². The lowest BCUT2D eigenvalue weighted by molar-refractivity contribution is 0.892. The van der Waals surface area contributed by atoms with Crippen molar-refractivity contribution in [3.63, 3.8) is 0 Å². The Balaban J connectivity index is 1.16. The van der Waals surface area contributed by atoms with Crippen LogP contribution in [0.25, 0.3) is 118 Å². The van der Waals surface area contributed by atoms with Gasteiger partial charge in [0, 0.05) is 79.0 Å². The molecule has 6 nitrogen and oxygen atoms in total. The Morgan fingerprint density at radius 2 is 0.911 bits per heavy atom.